The van der Waals surface area contributed by atoms with E-state index in [4.69, 9.17) is 11.6 Å². The second-order valence-corrected chi connectivity index (χ2v) is 7.86. The molecule has 3 aromatic rings. The number of aromatic nitrogens is 2. The molecule has 32 heavy (non-hydrogen) atoms. The van der Waals surface area contributed by atoms with Gasteiger partial charge in [-0.2, -0.15) is 18.3 Å². The van der Waals surface area contributed by atoms with Crippen molar-refractivity contribution in [2.75, 3.05) is 5.32 Å². The van der Waals surface area contributed by atoms with Crippen LogP contribution in [0.25, 0.3) is 17.0 Å². The van der Waals surface area contributed by atoms with Crippen LogP contribution in [0.5, 0.6) is 0 Å². The Morgan fingerprint density at radius 2 is 1.78 bits per heavy atom. The van der Waals surface area contributed by atoms with Crippen molar-refractivity contribution in [3.8, 4) is 11.3 Å². The maximum absolute atomic E-state index is 13.4. The average molecular weight is 458 g/mol. The second-order valence-electron chi connectivity index (χ2n) is 7.46. The van der Waals surface area contributed by atoms with Crippen molar-refractivity contribution in [2.24, 2.45) is 0 Å². The minimum Gasteiger partial charge on any atom is -0.322 e. The zero-order valence-electron chi connectivity index (χ0n) is 17.1. The standard InChI is InChI=1S/C24H19ClF3N3O/c1-15-6-12-18(13-7-15)29-23(32)17-10-8-16(9-11-17)21-14-22(24(26,27)28)30-31(21)20-5-3-2-4-19(20)25/h2,4,6-14H,3,5H2,1H3,(H,29,32). The van der Waals surface area contributed by atoms with Crippen molar-refractivity contribution in [3.63, 3.8) is 0 Å². The molecule has 0 saturated carbocycles. The molecule has 0 unspecified atom stereocenters. The van der Waals surface area contributed by atoms with Crippen LogP contribution in [-0.4, -0.2) is 15.7 Å². The molecule has 1 aliphatic rings. The first-order chi connectivity index (χ1) is 15.2. The fraction of sp³-hybridized carbons (Fsp3) is 0.167. The van der Waals surface area contributed by atoms with E-state index in [1.54, 1.807) is 42.5 Å². The second kappa shape index (κ2) is 8.67. The molecule has 0 aliphatic heterocycles. The largest absolute Gasteiger partial charge is 0.435 e. The molecule has 1 N–H and O–H groups in total. The van der Waals surface area contributed by atoms with Crippen LogP contribution >= 0.6 is 11.6 Å². The van der Waals surface area contributed by atoms with Gasteiger partial charge >= 0.3 is 6.18 Å². The van der Waals surface area contributed by atoms with Crippen LogP contribution < -0.4 is 5.32 Å². The van der Waals surface area contributed by atoms with Crippen molar-refractivity contribution in [1.29, 1.82) is 0 Å². The molecule has 0 radical (unpaired) electrons. The van der Waals surface area contributed by atoms with Crippen LogP contribution in [0.4, 0.5) is 18.9 Å². The minimum atomic E-state index is -4.59. The Balaban J connectivity index is 1.66. The Morgan fingerprint density at radius 3 is 2.41 bits per heavy atom. The maximum atomic E-state index is 13.4. The number of rotatable bonds is 4. The number of nitrogens with one attached hydrogen (secondary N) is 1. The maximum Gasteiger partial charge on any atom is 0.435 e. The molecule has 1 aromatic heterocycles. The summed E-state index contributed by atoms with van der Waals surface area (Å²) in [6.45, 7) is 1.95. The summed E-state index contributed by atoms with van der Waals surface area (Å²) in [5.74, 6) is -0.312. The number of allylic oxidation sites excluding steroid dienone is 4. The van der Waals surface area contributed by atoms with Crippen LogP contribution in [0.15, 0.2) is 71.8 Å². The molecule has 1 aliphatic carbocycles. The number of nitrogens with zero attached hydrogens (tertiary/aromatic N) is 2. The summed E-state index contributed by atoms with van der Waals surface area (Å²) in [7, 11) is 0. The highest BCUT2D eigenvalue weighted by Gasteiger charge is 2.35. The number of amides is 1. The first kappa shape index (κ1) is 21.9. The van der Waals surface area contributed by atoms with Crippen molar-refractivity contribution < 1.29 is 18.0 Å². The lowest BCUT2D eigenvalue weighted by molar-refractivity contribution is -0.141. The smallest absolute Gasteiger partial charge is 0.322 e. The van der Waals surface area contributed by atoms with E-state index < -0.39 is 11.9 Å². The number of hydrogen-bond acceptors (Lipinski definition) is 2. The van der Waals surface area contributed by atoms with Crippen LogP contribution in [0.2, 0.25) is 0 Å². The highest BCUT2D eigenvalue weighted by molar-refractivity contribution is 6.33. The van der Waals surface area contributed by atoms with E-state index >= 15 is 0 Å². The first-order valence-corrected chi connectivity index (χ1v) is 10.3. The Hall–Kier alpha value is -3.32. The Kier molecular flexibility index (Phi) is 5.93. The normalized spacial score (nSPS) is 14.0. The number of anilines is 1. The summed E-state index contributed by atoms with van der Waals surface area (Å²) < 4.78 is 41.4. The first-order valence-electron chi connectivity index (χ1n) is 9.93. The molecule has 4 nitrogen and oxygen atoms in total. The van der Waals surface area contributed by atoms with Gasteiger partial charge in [0.1, 0.15) is 0 Å². The van der Waals surface area contributed by atoms with Gasteiger partial charge in [0, 0.05) is 16.8 Å². The molecule has 1 heterocycles. The van der Waals surface area contributed by atoms with Gasteiger partial charge in [-0.15, -0.1) is 0 Å². The lowest BCUT2D eigenvalue weighted by Gasteiger charge is -2.15. The third-order valence-corrected chi connectivity index (χ3v) is 5.44. The van der Waals surface area contributed by atoms with E-state index in [1.165, 1.54) is 4.68 Å². The lowest BCUT2D eigenvalue weighted by atomic mass is 10.1. The van der Waals surface area contributed by atoms with E-state index in [0.29, 0.717) is 40.4 Å². The van der Waals surface area contributed by atoms with Gasteiger partial charge < -0.3 is 5.32 Å². The summed E-state index contributed by atoms with van der Waals surface area (Å²) in [6.07, 6.45) is 0.0623. The average Bonchev–Trinajstić information content (AvgIpc) is 3.21. The van der Waals surface area contributed by atoms with Crippen molar-refractivity contribution in [3.05, 3.63) is 88.6 Å². The van der Waals surface area contributed by atoms with Gasteiger partial charge in [0.2, 0.25) is 0 Å². The van der Waals surface area contributed by atoms with E-state index in [0.717, 1.165) is 11.6 Å². The van der Waals surface area contributed by atoms with Crippen molar-refractivity contribution in [2.45, 2.75) is 25.9 Å². The Bertz CT molecular complexity index is 1210. The van der Waals surface area contributed by atoms with E-state index in [1.807, 2.05) is 25.1 Å². The summed E-state index contributed by atoms with van der Waals surface area (Å²) in [5.41, 5.74) is 2.36. The van der Waals surface area contributed by atoms with Gasteiger partial charge in [-0.1, -0.05) is 47.5 Å². The SMILES string of the molecule is Cc1ccc(NC(=O)c2ccc(-c3cc(C(F)(F)F)nn3C3=C(Cl)C=CCC3)cc2)cc1. The predicted molar refractivity (Wildman–Crippen MR) is 119 cm³/mol. The molecule has 8 heteroatoms. The van der Waals surface area contributed by atoms with Crippen molar-refractivity contribution in [1.82, 2.24) is 9.78 Å². The number of aryl methyl sites for hydroxylation is 1. The number of carbonyl (C=O) groups excluding carboxylic acids is 1. The monoisotopic (exact) mass is 457 g/mol. The number of carbonyl (C=O) groups is 1. The Labute approximate surface area is 188 Å². The van der Waals surface area contributed by atoms with Gasteiger partial charge in [0.15, 0.2) is 5.69 Å². The lowest BCUT2D eigenvalue weighted by Crippen LogP contribution is -2.11. The molecule has 164 valence electrons. The fourth-order valence-corrected chi connectivity index (χ4v) is 3.66. The minimum absolute atomic E-state index is 0.256. The molecular weight excluding hydrogens is 439 g/mol. The summed E-state index contributed by atoms with van der Waals surface area (Å²) in [5, 5.41) is 6.94. The molecule has 1 amide bonds. The van der Waals surface area contributed by atoms with Crippen LogP contribution in [-0.2, 0) is 6.18 Å². The zero-order chi connectivity index (χ0) is 22.9. The van der Waals surface area contributed by atoms with Gasteiger partial charge in [-0.25, -0.2) is 4.68 Å². The summed E-state index contributed by atoms with van der Waals surface area (Å²) in [6, 6.07) is 14.7. The van der Waals surface area contributed by atoms with Gasteiger partial charge in [-0.3, -0.25) is 4.79 Å². The molecule has 0 atom stereocenters. The third kappa shape index (κ3) is 4.62. The van der Waals surface area contributed by atoms with E-state index in [9.17, 15) is 18.0 Å². The van der Waals surface area contributed by atoms with Crippen LogP contribution in [0.1, 0.15) is 34.5 Å². The quantitative estimate of drug-likeness (QED) is 0.464. The summed E-state index contributed by atoms with van der Waals surface area (Å²) in [4.78, 5) is 12.5. The fourth-order valence-electron chi connectivity index (χ4n) is 3.39. The number of alkyl halides is 3. The van der Waals surface area contributed by atoms with Gasteiger partial charge in [0.05, 0.1) is 16.4 Å². The molecule has 0 spiro atoms. The number of hydrogen-bond donors (Lipinski definition) is 1. The highest BCUT2D eigenvalue weighted by atomic mass is 35.5. The zero-order valence-corrected chi connectivity index (χ0v) is 17.8. The summed E-state index contributed by atoms with van der Waals surface area (Å²) >= 11 is 6.25. The third-order valence-electron chi connectivity index (χ3n) is 5.10. The number of halogens is 4. The molecule has 0 saturated heterocycles. The van der Waals surface area contributed by atoms with Crippen LogP contribution in [0.3, 0.4) is 0 Å². The molecule has 4 rings (SSSR count). The number of benzene rings is 2. The Morgan fingerprint density at radius 1 is 1.09 bits per heavy atom. The molecule has 2 aromatic carbocycles. The molecule has 0 bridgehead atoms. The van der Waals surface area contributed by atoms with E-state index in [-0.39, 0.29) is 11.6 Å². The van der Waals surface area contributed by atoms with Gasteiger partial charge in [-0.05, 0) is 56.2 Å². The molecular formula is C24H19ClF3N3O. The molecule has 0 fully saturated rings. The van der Waals surface area contributed by atoms with Crippen LogP contribution in [0, 0.1) is 6.92 Å². The highest BCUT2D eigenvalue weighted by Crippen LogP contribution is 2.36. The van der Waals surface area contributed by atoms with E-state index in [2.05, 4.69) is 10.4 Å². The predicted octanol–water partition coefficient (Wildman–Crippen LogP) is 6.89. The van der Waals surface area contributed by atoms with Gasteiger partial charge in [0.25, 0.3) is 5.91 Å². The van der Waals surface area contributed by atoms with Crippen molar-refractivity contribution >= 4 is 28.9 Å². The topological polar surface area (TPSA) is 46.9 Å².